The van der Waals surface area contributed by atoms with E-state index in [-0.39, 0.29) is 0 Å². The molecule has 112 valence electrons. The molecule has 2 aromatic rings. The van der Waals surface area contributed by atoms with Gasteiger partial charge >= 0.3 is 0 Å². The Kier molecular flexibility index (Phi) is 5.51. The second-order valence-corrected chi connectivity index (χ2v) is 5.87. The maximum absolute atomic E-state index is 4.32. The smallest absolute Gasteiger partial charge is 0.0378 e. The van der Waals surface area contributed by atoms with Crippen LogP contribution in [0.15, 0.2) is 36.7 Å². The average Bonchev–Trinajstić information content (AvgIpc) is 2.48. The lowest BCUT2D eigenvalue weighted by Crippen LogP contribution is -2.25. The third-order valence-corrected chi connectivity index (χ3v) is 4.02. The third kappa shape index (κ3) is 4.15. The Balaban J connectivity index is 2.28. The van der Waals surface area contributed by atoms with Crippen molar-refractivity contribution in [3.63, 3.8) is 0 Å². The van der Waals surface area contributed by atoms with E-state index in [0.717, 1.165) is 19.4 Å². The molecule has 21 heavy (non-hydrogen) atoms. The number of rotatable bonds is 6. The molecule has 1 aromatic carbocycles. The first kappa shape index (κ1) is 15.7. The summed E-state index contributed by atoms with van der Waals surface area (Å²) < 4.78 is 0. The summed E-state index contributed by atoms with van der Waals surface area (Å²) in [4.78, 5) is 4.32. The molecule has 1 atom stereocenters. The van der Waals surface area contributed by atoms with Crippen LogP contribution in [0.4, 0.5) is 0 Å². The van der Waals surface area contributed by atoms with E-state index in [1.807, 2.05) is 12.4 Å². The first-order valence-corrected chi connectivity index (χ1v) is 7.81. The van der Waals surface area contributed by atoms with Crippen LogP contribution in [0, 0.1) is 20.8 Å². The quantitative estimate of drug-likeness (QED) is 0.855. The van der Waals surface area contributed by atoms with Crippen LogP contribution in [-0.4, -0.2) is 11.5 Å². The van der Waals surface area contributed by atoms with Crippen LogP contribution in [0.1, 0.15) is 47.2 Å². The second kappa shape index (κ2) is 7.37. The van der Waals surface area contributed by atoms with Crippen molar-refractivity contribution in [1.29, 1.82) is 0 Å². The van der Waals surface area contributed by atoms with Gasteiger partial charge < -0.3 is 5.32 Å². The standard InChI is InChI=1S/C19H26N2/c1-5-9-21-19(18-13-20-10-8-16(18)4)12-17-11-14(2)6-7-15(17)3/h6-8,10-11,13,19,21H,5,9,12H2,1-4H3. The Hall–Kier alpha value is -1.67. The summed E-state index contributed by atoms with van der Waals surface area (Å²) in [6, 6.07) is 9.14. The fourth-order valence-electron chi connectivity index (χ4n) is 2.69. The lowest BCUT2D eigenvalue weighted by Gasteiger charge is -2.22. The fraction of sp³-hybridized carbons (Fsp3) is 0.421. The van der Waals surface area contributed by atoms with Crippen LogP contribution < -0.4 is 5.32 Å². The molecule has 0 aliphatic rings. The highest BCUT2D eigenvalue weighted by Crippen LogP contribution is 2.23. The van der Waals surface area contributed by atoms with Gasteiger partial charge in [0.1, 0.15) is 0 Å². The van der Waals surface area contributed by atoms with Crippen molar-refractivity contribution >= 4 is 0 Å². The van der Waals surface area contributed by atoms with Crippen molar-refractivity contribution in [1.82, 2.24) is 10.3 Å². The van der Waals surface area contributed by atoms with E-state index in [4.69, 9.17) is 0 Å². The molecule has 0 spiro atoms. The van der Waals surface area contributed by atoms with Gasteiger partial charge in [-0.2, -0.15) is 0 Å². The number of hydrogen-bond donors (Lipinski definition) is 1. The van der Waals surface area contributed by atoms with Gasteiger partial charge in [0, 0.05) is 18.4 Å². The van der Waals surface area contributed by atoms with E-state index in [9.17, 15) is 0 Å². The molecule has 0 amide bonds. The Morgan fingerprint density at radius 3 is 2.62 bits per heavy atom. The maximum Gasteiger partial charge on any atom is 0.0378 e. The molecule has 0 saturated carbocycles. The lowest BCUT2D eigenvalue weighted by molar-refractivity contribution is 0.525. The van der Waals surface area contributed by atoms with Crippen LogP contribution in [-0.2, 0) is 6.42 Å². The largest absolute Gasteiger partial charge is 0.310 e. The molecular weight excluding hydrogens is 256 g/mol. The normalized spacial score (nSPS) is 12.4. The molecule has 1 aromatic heterocycles. The number of aryl methyl sites for hydroxylation is 3. The van der Waals surface area contributed by atoms with Gasteiger partial charge in [-0.05, 0) is 68.5 Å². The van der Waals surface area contributed by atoms with Gasteiger partial charge in [-0.3, -0.25) is 4.98 Å². The Labute approximate surface area is 128 Å². The van der Waals surface area contributed by atoms with E-state index in [1.165, 1.54) is 27.8 Å². The molecule has 0 bridgehead atoms. The molecule has 2 heteroatoms. The molecule has 1 unspecified atom stereocenters. The summed E-state index contributed by atoms with van der Waals surface area (Å²) in [6.45, 7) is 9.76. The number of aromatic nitrogens is 1. The molecule has 0 radical (unpaired) electrons. The minimum absolute atomic E-state index is 0.333. The van der Waals surface area contributed by atoms with E-state index < -0.39 is 0 Å². The Morgan fingerprint density at radius 1 is 1.10 bits per heavy atom. The monoisotopic (exact) mass is 282 g/mol. The highest BCUT2D eigenvalue weighted by atomic mass is 14.9. The van der Waals surface area contributed by atoms with Crippen molar-refractivity contribution in [3.8, 4) is 0 Å². The topological polar surface area (TPSA) is 24.9 Å². The number of pyridine rings is 1. The summed E-state index contributed by atoms with van der Waals surface area (Å²) in [5.74, 6) is 0. The Morgan fingerprint density at radius 2 is 1.90 bits per heavy atom. The second-order valence-electron chi connectivity index (χ2n) is 5.87. The van der Waals surface area contributed by atoms with E-state index >= 15 is 0 Å². The average molecular weight is 282 g/mol. The van der Waals surface area contributed by atoms with Gasteiger partial charge in [0.25, 0.3) is 0 Å². The van der Waals surface area contributed by atoms with Crippen molar-refractivity contribution in [2.75, 3.05) is 6.54 Å². The summed E-state index contributed by atoms with van der Waals surface area (Å²) in [5.41, 5.74) is 6.74. The SMILES string of the molecule is CCCNC(Cc1cc(C)ccc1C)c1cnccc1C. The lowest BCUT2D eigenvalue weighted by atomic mass is 9.93. The van der Waals surface area contributed by atoms with Gasteiger partial charge in [0.05, 0.1) is 0 Å². The predicted molar refractivity (Wildman–Crippen MR) is 89.6 cm³/mol. The van der Waals surface area contributed by atoms with Crippen LogP contribution in [0.5, 0.6) is 0 Å². The summed E-state index contributed by atoms with van der Waals surface area (Å²) >= 11 is 0. The molecule has 0 aliphatic carbocycles. The third-order valence-electron chi connectivity index (χ3n) is 4.02. The molecule has 2 rings (SSSR count). The van der Waals surface area contributed by atoms with Crippen LogP contribution >= 0.6 is 0 Å². The highest BCUT2D eigenvalue weighted by Gasteiger charge is 2.15. The van der Waals surface area contributed by atoms with Crippen LogP contribution in [0.25, 0.3) is 0 Å². The molecule has 0 saturated heterocycles. The summed E-state index contributed by atoms with van der Waals surface area (Å²) in [6.07, 6.45) is 6.03. The van der Waals surface area contributed by atoms with Crippen molar-refractivity contribution in [2.24, 2.45) is 0 Å². The first-order valence-electron chi connectivity index (χ1n) is 7.81. The van der Waals surface area contributed by atoms with Crippen LogP contribution in [0.2, 0.25) is 0 Å². The van der Waals surface area contributed by atoms with Gasteiger partial charge in [-0.1, -0.05) is 30.7 Å². The van der Waals surface area contributed by atoms with Crippen molar-refractivity contribution < 1.29 is 0 Å². The predicted octanol–water partition coefficient (Wildman–Crippen LogP) is 4.29. The molecular formula is C19H26N2. The molecule has 1 heterocycles. The van der Waals surface area contributed by atoms with E-state index in [2.05, 4.69) is 62.3 Å². The van der Waals surface area contributed by atoms with Gasteiger partial charge in [0.2, 0.25) is 0 Å². The minimum atomic E-state index is 0.333. The van der Waals surface area contributed by atoms with Crippen molar-refractivity contribution in [3.05, 3.63) is 64.5 Å². The van der Waals surface area contributed by atoms with E-state index in [0.29, 0.717) is 6.04 Å². The summed E-state index contributed by atoms with van der Waals surface area (Å²) in [5, 5.41) is 3.68. The zero-order valence-electron chi connectivity index (χ0n) is 13.6. The number of nitrogens with zero attached hydrogens (tertiary/aromatic N) is 1. The summed E-state index contributed by atoms with van der Waals surface area (Å²) in [7, 11) is 0. The minimum Gasteiger partial charge on any atom is -0.310 e. The molecule has 0 fully saturated rings. The van der Waals surface area contributed by atoms with E-state index in [1.54, 1.807) is 0 Å². The number of hydrogen-bond acceptors (Lipinski definition) is 2. The van der Waals surface area contributed by atoms with Gasteiger partial charge in [-0.15, -0.1) is 0 Å². The Bertz CT molecular complexity index is 590. The molecule has 2 nitrogen and oxygen atoms in total. The maximum atomic E-state index is 4.32. The van der Waals surface area contributed by atoms with Gasteiger partial charge in [0.15, 0.2) is 0 Å². The fourth-order valence-corrected chi connectivity index (χ4v) is 2.69. The van der Waals surface area contributed by atoms with Crippen molar-refractivity contribution in [2.45, 2.75) is 46.6 Å². The zero-order valence-corrected chi connectivity index (χ0v) is 13.6. The molecule has 1 N–H and O–H groups in total. The van der Waals surface area contributed by atoms with Gasteiger partial charge in [-0.25, -0.2) is 0 Å². The number of nitrogens with one attached hydrogen (secondary N) is 1. The highest BCUT2D eigenvalue weighted by molar-refractivity contribution is 5.34. The van der Waals surface area contributed by atoms with Crippen LogP contribution in [0.3, 0.4) is 0 Å². The number of benzene rings is 1. The zero-order chi connectivity index (χ0) is 15.2. The first-order chi connectivity index (χ1) is 10.1. The molecule has 0 aliphatic heterocycles.